The highest BCUT2D eigenvalue weighted by molar-refractivity contribution is 5.43. The van der Waals surface area contributed by atoms with Crippen LogP contribution in [-0.2, 0) is 6.54 Å². The minimum Gasteiger partial charge on any atom is -0.354 e. The second kappa shape index (κ2) is 6.19. The van der Waals surface area contributed by atoms with Gasteiger partial charge in [-0.3, -0.25) is 0 Å². The van der Waals surface area contributed by atoms with Crippen LogP contribution in [0.4, 0.5) is 5.82 Å². The van der Waals surface area contributed by atoms with E-state index in [-0.39, 0.29) is 0 Å². The number of rotatable bonds is 3. The molecule has 2 heterocycles. The molecule has 0 bridgehead atoms. The average molecular weight is 247 g/mol. The molecule has 1 atom stereocenters. The van der Waals surface area contributed by atoms with Crippen LogP contribution in [0.5, 0.6) is 0 Å². The molecule has 0 radical (unpaired) electrons. The summed E-state index contributed by atoms with van der Waals surface area (Å²) in [6, 6.07) is 4.93. The molecule has 18 heavy (non-hydrogen) atoms. The summed E-state index contributed by atoms with van der Waals surface area (Å²) in [6.45, 7) is 6.07. The molecule has 1 unspecified atom stereocenters. The lowest BCUT2D eigenvalue weighted by Crippen LogP contribution is -2.35. The molecule has 3 nitrogen and oxygen atoms in total. The van der Waals surface area contributed by atoms with Crippen LogP contribution in [0, 0.1) is 6.92 Å². The topological polar surface area (TPSA) is 42.1 Å². The molecule has 2 N–H and O–H groups in total. The van der Waals surface area contributed by atoms with E-state index in [1.54, 1.807) is 0 Å². The van der Waals surface area contributed by atoms with E-state index in [2.05, 4.69) is 30.9 Å². The second-order valence-corrected chi connectivity index (χ2v) is 5.22. The lowest BCUT2D eigenvalue weighted by molar-refractivity contribution is 0.552. The third kappa shape index (κ3) is 2.83. The van der Waals surface area contributed by atoms with Gasteiger partial charge >= 0.3 is 0 Å². The summed E-state index contributed by atoms with van der Waals surface area (Å²) in [7, 11) is 0. The molecule has 3 heteroatoms. The Hall–Kier alpha value is -1.09. The van der Waals surface area contributed by atoms with Crippen LogP contribution in [-0.4, -0.2) is 17.6 Å². The molecule has 1 saturated heterocycles. The van der Waals surface area contributed by atoms with Crippen molar-refractivity contribution < 1.29 is 0 Å². The van der Waals surface area contributed by atoms with Gasteiger partial charge in [-0.05, 0) is 37.8 Å². The van der Waals surface area contributed by atoms with Crippen LogP contribution in [0.3, 0.4) is 0 Å². The molecule has 0 spiro atoms. The first kappa shape index (κ1) is 13.3. The number of anilines is 1. The maximum absolute atomic E-state index is 5.70. The second-order valence-electron chi connectivity index (χ2n) is 5.22. The molecular weight excluding hydrogens is 222 g/mol. The van der Waals surface area contributed by atoms with Gasteiger partial charge in [0.15, 0.2) is 0 Å². The fraction of sp³-hybridized carbons (Fsp3) is 0.667. The SMILES string of the molecule is CCC1CCCCCN1c1ccc(CN)c(C)n1. The third-order valence-corrected chi connectivity index (χ3v) is 4.04. The first-order chi connectivity index (χ1) is 8.76. The molecule has 0 aliphatic carbocycles. The van der Waals surface area contributed by atoms with Crippen molar-refractivity contribution in [2.24, 2.45) is 5.73 Å². The number of aryl methyl sites for hydroxylation is 1. The van der Waals surface area contributed by atoms with Crippen molar-refractivity contribution >= 4 is 5.82 Å². The zero-order chi connectivity index (χ0) is 13.0. The summed E-state index contributed by atoms with van der Waals surface area (Å²) in [4.78, 5) is 7.25. The molecular formula is C15H25N3. The van der Waals surface area contributed by atoms with Gasteiger partial charge in [0, 0.05) is 24.8 Å². The van der Waals surface area contributed by atoms with Crippen LogP contribution in [0.25, 0.3) is 0 Å². The highest BCUT2D eigenvalue weighted by atomic mass is 15.2. The van der Waals surface area contributed by atoms with Gasteiger partial charge in [0.2, 0.25) is 0 Å². The minimum absolute atomic E-state index is 0.580. The van der Waals surface area contributed by atoms with Crippen molar-refractivity contribution in [1.29, 1.82) is 0 Å². The van der Waals surface area contributed by atoms with Gasteiger partial charge < -0.3 is 10.6 Å². The predicted octanol–water partition coefficient (Wildman–Crippen LogP) is 3.01. The quantitative estimate of drug-likeness (QED) is 0.892. The Morgan fingerprint density at radius 3 is 2.83 bits per heavy atom. The summed E-state index contributed by atoms with van der Waals surface area (Å²) < 4.78 is 0. The molecule has 100 valence electrons. The van der Waals surface area contributed by atoms with Gasteiger partial charge in [0.05, 0.1) is 0 Å². The molecule has 1 aromatic rings. The molecule has 2 rings (SSSR count). The van der Waals surface area contributed by atoms with E-state index >= 15 is 0 Å². The van der Waals surface area contributed by atoms with E-state index in [1.165, 1.54) is 32.1 Å². The maximum atomic E-state index is 5.70. The summed E-state index contributed by atoms with van der Waals surface area (Å²) in [6.07, 6.45) is 6.51. The van der Waals surface area contributed by atoms with Crippen molar-refractivity contribution in [3.63, 3.8) is 0 Å². The number of hydrogen-bond donors (Lipinski definition) is 1. The van der Waals surface area contributed by atoms with Gasteiger partial charge in [-0.15, -0.1) is 0 Å². The Labute approximate surface area is 110 Å². The van der Waals surface area contributed by atoms with Gasteiger partial charge in [-0.25, -0.2) is 4.98 Å². The van der Waals surface area contributed by atoms with Crippen LogP contribution in [0.2, 0.25) is 0 Å². The fourth-order valence-electron chi connectivity index (χ4n) is 2.86. The molecule has 1 aromatic heterocycles. The van der Waals surface area contributed by atoms with Crippen molar-refractivity contribution in [1.82, 2.24) is 4.98 Å². The monoisotopic (exact) mass is 247 g/mol. The fourth-order valence-corrected chi connectivity index (χ4v) is 2.86. The van der Waals surface area contributed by atoms with Gasteiger partial charge in [0.25, 0.3) is 0 Å². The number of nitrogens with two attached hydrogens (primary N) is 1. The first-order valence-electron chi connectivity index (χ1n) is 7.19. The van der Waals surface area contributed by atoms with Gasteiger partial charge in [-0.2, -0.15) is 0 Å². The average Bonchev–Trinajstić information content (AvgIpc) is 2.63. The molecule has 0 amide bonds. The van der Waals surface area contributed by atoms with Gasteiger partial charge in [0.1, 0.15) is 5.82 Å². The van der Waals surface area contributed by atoms with E-state index in [1.807, 2.05) is 0 Å². The Bertz CT molecular complexity index is 389. The number of nitrogens with zero attached hydrogens (tertiary/aromatic N) is 2. The highest BCUT2D eigenvalue weighted by Crippen LogP contribution is 2.25. The summed E-state index contributed by atoms with van der Waals surface area (Å²) in [5.74, 6) is 1.14. The molecule has 1 aliphatic rings. The molecule has 1 aliphatic heterocycles. The highest BCUT2D eigenvalue weighted by Gasteiger charge is 2.20. The lowest BCUT2D eigenvalue weighted by atomic mass is 10.1. The van der Waals surface area contributed by atoms with E-state index in [0.29, 0.717) is 12.6 Å². The van der Waals surface area contributed by atoms with Crippen molar-refractivity contribution in [3.05, 3.63) is 23.4 Å². The summed E-state index contributed by atoms with van der Waals surface area (Å²) >= 11 is 0. The normalized spacial score (nSPS) is 20.8. The Morgan fingerprint density at radius 1 is 1.33 bits per heavy atom. The van der Waals surface area contributed by atoms with Crippen LogP contribution >= 0.6 is 0 Å². The lowest BCUT2D eigenvalue weighted by Gasteiger charge is -2.30. The molecule has 1 fully saturated rings. The summed E-state index contributed by atoms with van der Waals surface area (Å²) in [5, 5.41) is 0. The van der Waals surface area contributed by atoms with E-state index in [4.69, 9.17) is 10.7 Å². The molecule has 0 saturated carbocycles. The Morgan fingerprint density at radius 2 is 2.17 bits per heavy atom. The summed E-state index contributed by atoms with van der Waals surface area (Å²) in [5.41, 5.74) is 7.94. The zero-order valence-corrected chi connectivity index (χ0v) is 11.7. The van der Waals surface area contributed by atoms with Crippen LogP contribution < -0.4 is 10.6 Å². The smallest absolute Gasteiger partial charge is 0.129 e. The number of hydrogen-bond acceptors (Lipinski definition) is 3. The molecule has 0 aromatic carbocycles. The van der Waals surface area contributed by atoms with E-state index < -0.39 is 0 Å². The van der Waals surface area contributed by atoms with Crippen molar-refractivity contribution in [3.8, 4) is 0 Å². The number of aromatic nitrogens is 1. The van der Waals surface area contributed by atoms with Crippen molar-refractivity contribution in [2.45, 2.75) is 58.5 Å². The van der Waals surface area contributed by atoms with Crippen LogP contribution in [0.15, 0.2) is 12.1 Å². The predicted molar refractivity (Wildman–Crippen MR) is 76.8 cm³/mol. The van der Waals surface area contributed by atoms with Crippen LogP contribution in [0.1, 0.15) is 50.3 Å². The third-order valence-electron chi connectivity index (χ3n) is 4.04. The van der Waals surface area contributed by atoms with Gasteiger partial charge in [-0.1, -0.05) is 25.8 Å². The Kier molecular flexibility index (Phi) is 4.59. The standard InChI is InChI=1S/C15H25N3/c1-3-14-7-5-4-6-10-18(14)15-9-8-13(11-16)12(2)17-15/h8-9,14H,3-7,10-11,16H2,1-2H3. The number of pyridine rings is 1. The minimum atomic E-state index is 0.580. The largest absolute Gasteiger partial charge is 0.354 e. The van der Waals surface area contributed by atoms with E-state index in [9.17, 15) is 0 Å². The van der Waals surface area contributed by atoms with Crippen molar-refractivity contribution in [2.75, 3.05) is 11.4 Å². The van der Waals surface area contributed by atoms with E-state index in [0.717, 1.165) is 23.6 Å². The maximum Gasteiger partial charge on any atom is 0.129 e. The first-order valence-corrected chi connectivity index (χ1v) is 7.19. The zero-order valence-electron chi connectivity index (χ0n) is 11.7. The Balaban J connectivity index is 2.24.